The molecule has 1 aliphatic heterocycles. The molecule has 2 rings (SSSR count). The van der Waals surface area contributed by atoms with Crippen LogP contribution in [0, 0.1) is 5.82 Å². The number of carboxylic acids is 1. The van der Waals surface area contributed by atoms with Crippen LogP contribution in [0.4, 0.5) is 4.39 Å². The molecular formula is C12H12BrFO4. The highest BCUT2D eigenvalue weighted by atomic mass is 79.9. The average molecular weight is 319 g/mol. The Hall–Kier alpha value is -1.14. The summed E-state index contributed by atoms with van der Waals surface area (Å²) in [7, 11) is 0. The van der Waals surface area contributed by atoms with E-state index in [9.17, 15) is 9.18 Å². The molecule has 1 saturated heterocycles. The van der Waals surface area contributed by atoms with Crippen LogP contribution < -0.4 is 4.74 Å². The molecule has 0 saturated carbocycles. The van der Waals surface area contributed by atoms with Crippen LogP contribution in [0.2, 0.25) is 0 Å². The van der Waals surface area contributed by atoms with Gasteiger partial charge in [0.2, 0.25) is 0 Å². The third kappa shape index (κ3) is 2.81. The first-order valence-corrected chi connectivity index (χ1v) is 6.34. The second kappa shape index (κ2) is 5.67. The smallest absolute Gasteiger partial charge is 0.336 e. The second-order valence-corrected chi connectivity index (χ2v) is 4.78. The van der Waals surface area contributed by atoms with Crippen molar-refractivity contribution in [2.24, 2.45) is 0 Å². The first-order chi connectivity index (χ1) is 8.59. The van der Waals surface area contributed by atoms with Crippen molar-refractivity contribution in [3.05, 3.63) is 28.0 Å². The van der Waals surface area contributed by atoms with Gasteiger partial charge < -0.3 is 14.6 Å². The van der Waals surface area contributed by atoms with E-state index in [1.54, 1.807) is 0 Å². The van der Waals surface area contributed by atoms with E-state index in [4.69, 9.17) is 14.6 Å². The van der Waals surface area contributed by atoms with Crippen molar-refractivity contribution in [1.29, 1.82) is 0 Å². The van der Waals surface area contributed by atoms with Crippen LogP contribution in [0.3, 0.4) is 0 Å². The summed E-state index contributed by atoms with van der Waals surface area (Å²) in [6.45, 7) is 0.980. The zero-order valence-corrected chi connectivity index (χ0v) is 11.1. The summed E-state index contributed by atoms with van der Waals surface area (Å²) in [5.74, 6) is -1.86. The minimum absolute atomic E-state index is 0.0117. The molecule has 0 bridgehead atoms. The van der Waals surface area contributed by atoms with Gasteiger partial charge in [-0.05, 0) is 40.9 Å². The maximum atomic E-state index is 13.8. The molecule has 1 aromatic carbocycles. The maximum Gasteiger partial charge on any atom is 0.336 e. The molecule has 1 unspecified atom stereocenters. The van der Waals surface area contributed by atoms with Crippen LogP contribution in [0.15, 0.2) is 16.6 Å². The quantitative estimate of drug-likeness (QED) is 0.927. The monoisotopic (exact) mass is 318 g/mol. The van der Waals surface area contributed by atoms with Crippen molar-refractivity contribution in [2.45, 2.75) is 18.9 Å². The topological polar surface area (TPSA) is 55.8 Å². The van der Waals surface area contributed by atoms with E-state index < -0.39 is 11.8 Å². The molecule has 1 aliphatic rings. The largest absolute Gasteiger partial charge is 0.488 e. The molecule has 1 atom stereocenters. The van der Waals surface area contributed by atoms with Gasteiger partial charge in [0, 0.05) is 6.61 Å². The minimum atomic E-state index is -1.19. The Morgan fingerprint density at radius 2 is 2.39 bits per heavy atom. The predicted octanol–water partition coefficient (Wildman–Crippen LogP) is 2.84. The average Bonchev–Trinajstić information content (AvgIpc) is 2.83. The summed E-state index contributed by atoms with van der Waals surface area (Å²) in [4.78, 5) is 10.8. The molecular weight excluding hydrogens is 307 g/mol. The Kier molecular flexibility index (Phi) is 4.19. The van der Waals surface area contributed by atoms with Gasteiger partial charge in [0.15, 0.2) is 11.6 Å². The van der Waals surface area contributed by atoms with E-state index in [-0.39, 0.29) is 28.5 Å². The fourth-order valence-corrected chi connectivity index (χ4v) is 2.26. The van der Waals surface area contributed by atoms with Crippen molar-refractivity contribution in [3.63, 3.8) is 0 Å². The number of carbonyl (C=O) groups is 1. The van der Waals surface area contributed by atoms with Crippen LogP contribution in [-0.4, -0.2) is 30.4 Å². The lowest BCUT2D eigenvalue weighted by Gasteiger charge is -2.13. The van der Waals surface area contributed by atoms with E-state index in [2.05, 4.69) is 15.9 Å². The number of aromatic carboxylic acids is 1. The van der Waals surface area contributed by atoms with Gasteiger partial charge in [0.1, 0.15) is 6.61 Å². The van der Waals surface area contributed by atoms with Crippen LogP contribution in [0.5, 0.6) is 5.75 Å². The number of halogens is 2. The van der Waals surface area contributed by atoms with Crippen molar-refractivity contribution in [3.8, 4) is 5.75 Å². The summed E-state index contributed by atoms with van der Waals surface area (Å²) < 4.78 is 24.4. The molecule has 0 amide bonds. The molecule has 1 fully saturated rings. The lowest BCUT2D eigenvalue weighted by atomic mass is 10.2. The molecule has 18 heavy (non-hydrogen) atoms. The van der Waals surface area contributed by atoms with E-state index >= 15 is 0 Å². The SMILES string of the molecule is O=C(O)c1ccc(OCC2CCCO2)c(F)c1Br. The number of rotatable bonds is 4. The summed E-state index contributed by atoms with van der Waals surface area (Å²) in [5.41, 5.74) is -0.128. The van der Waals surface area contributed by atoms with Crippen LogP contribution >= 0.6 is 15.9 Å². The lowest BCUT2D eigenvalue weighted by Crippen LogP contribution is -2.17. The zero-order valence-electron chi connectivity index (χ0n) is 9.49. The van der Waals surface area contributed by atoms with Crippen molar-refractivity contribution in [1.82, 2.24) is 0 Å². The van der Waals surface area contributed by atoms with Gasteiger partial charge in [-0.3, -0.25) is 0 Å². The predicted molar refractivity (Wildman–Crippen MR) is 65.5 cm³/mol. The third-order valence-corrected chi connectivity index (χ3v) is 3.50. The van der Waals surface area contributed by atoms with Crippen molar-refractivity contribution >= 4 is 21.9 Å². The molecule has 1 aromatic rings. The Balaban J connectivity index is 2.09. The van der Waals surface area contributed by atoms with Crippen molar-refractivity contribution in [2.75, 3.05) is 13.2 Å². The minimum Gasteiger partial charge on any atom is -0.488 e. The molecule has 0 aromatic heterocycles. The molecule has 1 N–H and O–H groups in total. The van der Waals surface area contributed by atoms with Crippen LogP contribution in [0.25, 0.3) is 0 Å². The van der Waals surface area contributed by atoms with Gasteiger partial charge in [-0.1, -0.05) is 0 Å². The molecule has 98 valence electrons. The summed E-state index contributed by atoms with van der Waals surface area (Å²) in [6, 6.07) is 2.62. The molecule has 6 heteroatoms. The number of carboxylic acid groups (broad SMARTS) is 1. The molecule has 0 aliphatic carbocycles. The lowest BCUT2D eigenvalue weighted by molar-refractivity contribution is 0.0660. The fraction of sp³-hybridized carbons (Fsp3) is 0.417. The second-order valence-electron chi connectivity index (χ2n) is 3.99. The van der Waals surface area contributed by atoms with Gasteiger partial charge in [0.05, 0.1) is 16.1 Å². The number of ether oxygens (including phenoxy) is 2. The zero-order chi connectivity index (χ0) is 13.1. The summed E-state index contributed by atoms with van der Waals surface area (Å²) >= 11 is 2.92. The Bertz CT molecular complexity index is 458. The van der Waals surface area contributed by atoms with E-state index in [1.165, 1.54) is 12.1 Å². The van der Waals surface area contributed by atoms with Crippen LogP contribution in [-0.2, 0) is 4.74 Å². The maximum absolute atomic E-state index is 13.8. The normalized spacial score (nSPS) is 18.9. The van der Waals surface area contributed by atoms with Crippen molar-refractivity contribution < 1.29 is 23.8 Å². The molecule has 0 spiro atoms. The summed E-state index contributed by atoms with van der Waals surface area (Å²) in [6.07, 6.45) is 1.87. The Labute approximate surface area is 112 Å². The first-order valence-electron chi connectivity index (χ1n) is 5.55. The Morgan fingerprint density at radius 1 is 1.61 bits per heavy atom. The van der Waals surface area contributed by atoms with Gasteiger partial charge >= 0.3 is 5.97 Å². The Morgan fingerprint density at radius 3 is 3.00 bits per heavy atom. The van der Waals surface area contributed by atoms with Gasteiger partial charge in [-0.15, -0.1) is 0 Å². The number of hydrogen-bond donors (Lipinski definition) is 1. The number of hydrogen-bond acceptors (Lipinski definition) is 3. The summed E-state index contributed by atoms with van der Waals surface area (Å²) in [5, 5.41) is 8.83. The van der Waals surface area contributed by atoms with Gasteiger partial charge in [-0.25, -0.2) is 9.18 Å². The first kappa shape index (κ1) is 13.3. The highest BCUT2D eigenvalue weighted by Crippen LogP contribution is 2.29. The fourth-order valence-electron chi connectivity index (χ4n) is 1.77. The standard InChI is InChI=1S/C12H12BrFO4/c13-10-8(12(15)16)3-4-9(11(10)14)18-6-7-2-1-5-17-7/h3-4,7H,1-2,5-6H2,(H,15,16). The van der Waals surface area contributed by atoms with E-state index in [1.807, 2.05) is 0 Å². The van der Waals surface area contributed by atoms with Gasteiger partial charge in [0.25, 0.3) is 0 Å². The van der Waals surface area contributed by atoms with E-state index in [0.717, 1.165) is 12.8 Å². The van der Waals surface area contributed by atoms with Gasteiger partial charge in [-0.2, -0.15) is 0 Å². The molecule has 4 nitrogen and oxygen atoms in total. The molecule has 1 heterocycles. The highest BCUT2D eigenvalue weighted by molar-refractivity contribution is 9.10. The van der Waals surface area contributed by atoms with E-state index in [0.29, 0.717) is 6.61 Å². The molecule has 0 radical (unpaired) electrons. The number of benzene rings is 1. The third-order valence-electron chi connectivity index (χ3n) is 2.73. The highest BCUT2D eigenvalue weighted by Gasteiger charge is 2.20. The van der Waals surface area contributed by atoms with Crippen LogP contribution in [0.1, 0.15) is 23.2 Å².